The van der Waals surface area contributed by atoms with Crippen molar-refractivity contribution in [1.82, 2.24) is 19.1 Å². The zero-order chi connectivity index (χ0) is 61.8. The van der Waals surface area contributed by atoms with Crippen LogP contribution in [0.1, 0.15) is 0 Å². The monoisotopic (exact) mass is 1010 g/mol. The Bertz CT molecular complexity index is 5120. The lowest BCUT2D eigenvalue weighted by Crippen LogP contribution is -2.56. The fourth-order valence-electron chi connectivity index (χ4n) is 11.7. The summed E-state index contributed by atoms with van der Waals surface area (Å²) in [5.74, 6) is -0.183. The van der Waals surface area contributed by atoms with Gasteiger partial charge in [0.2, 0.25) is 0 Å². The van der Waals surface area contributed by atoms with E-state index >= 15 is 0 Å². The maximum atomic E-state index is 7.56. The summed E-state index contributed by atoms with van der Waals surface area (Å²) >= 11 is 0. The van der Waals surface area contributed by atoms with Crippen molar-refractivity contribution in [2.45, 2.75) is 0 Å². The molecule has 322 valence electrons. The molecule has 0 fully saturated rings. The number of fused-ring (bicyclic) bond motifs is 9. The zero-order valence-corrected chi connectivity index (χ0v) is 44.7. The van der Waals surface area contributed by atoms with E-state index in [2.05, 4.69) is 0 Å². The lowest BCUT2D eigenvalue weighted by Gasteiger charge is -2.28. The molecule has 0 aliphatic heterocycles. The fraction of sp³-hybridized carbons (Fsp3) is 0. The lowest BCUT2D eigenvalue weighted by molar-refractivity contribution is 0.667. The van der Waals surface area contributed by atoms with E-state index in [0.717, 1.165) is 0 Å². The van der Waals surface area contributed by atoms with Crippen molar-refractivity contribution in [3.8, 4) is 45.1 Å². The highest BCUT2D eigenvalue weighted by atomic mass is 16.3. The van der Waals surface area contributed by atoms with Gasteiger partial charge in [-0.15, -0.1) is 60.1 Å². The third-order valence-corrected chi connectivity index (χ3v) is 16.2. The molecule has 8 aromatic carbocycles. The molecule has 0 aliphatic carbocycles. The van der Waals surface area contributed by atoms with Gasteiger partial charge in [0, 0.05) is 49.8 Å². The molecule has 0 spiro atoms. The van der Waals surface area contributed by atoms with Crippen LogP contribution in [0.5, 0.6) is 0 Å². The number of hydrogen-bond acceptors (Lipinski definition) is 3. The van der Waals surface area contributed by atoms with Gasteiger partial charge in [-0.2, -0.15) is 0 Å². The molecule has 0 N–H and O–H groups in total. The van der Waals surface area contributed by atoms with Crippen molar-refractivity contribution < 1.29 is 4.42 Å². The summed E-state index contributed by atoms with van der Waals surface area (Å²) in [7, 11) is 191. The molecule has 0 aliphatic rings. The third kappa shape index (κ3) is 7.77. The Morgan fingerprint density at radius 2 is 0.588 bits per heavy atom. The topological polar surface area (TPSA) is 48.8 Å². The summed E-state index contributed by atoms with van der Waals surface area (Å²) in [5.41, 5.74) is -4.39. The minimum Gasteiger partial charge on any atom is -0.452 e. The highest BCUT2D eigenvalue weighted by Gasteiger charge is 2.32. The number of benzene rings is 8. The molecule has 33 heteroatoms. The third-order valence-electron chi connectivity index (χ3n) is 16.2. The van der Waals surface area contributed by atoms with Crippen LogP contribution in [0.2, 0.25) is 0 Å². The molecule has 4 heterocycles. The Morgan fingerprint density at radius 3 is 1.08 bits per heavy atom. The van der Waals surface area contributed by atoms with Crippen LogP contribution in [-0.2, 0) is 0 Å². The Balaban J connectivity index is 1.25. The molecule has 56 radical (unpaired) electrons. The van der Waals surface area contributed by atoms with Gasteiger partial charge >= 0.3 is 0 Å². The molecule has 0 unspecified atom stereocenters. The van der Waals surface area contributed by atoms with E-state index in [4.69, 9.17) is 234 Å². The second-order valence-corrected chi connectivity index (χ2v) is 20.5. The van der Waals surface area contributed by atoms with Crippen LogP contribution >= 0.6 is 0 Å². The van der Waals surface area contributed by atoms with Crippen LogP contribution < -0.4 is 153 Å². The predicted molar refractivity (Wildman–Crippen MR) is 385 cm³/mol. The first-order valence-corrected chi connectivity index (χ1v) is 25.1. The van der Waals surface area contributed by atoms with E-state index in [9.17, 15) is 0 Å². The van der Waals surface area contributed by atoms with E-state index in [1.54, 1.807) is 24.3 Å². The smallest absolute Gasteiger partial charge is 0.180 e. The molecule has 0 bridgehead atoms. The molecule has 4 aromatic heterocycles. The van der Waals surface area contributed by atoms with Crippen molar-refractivity contribution in [3.63, 3.8) is 0 Å². The van der Waals surface area contributed by atoms with Crippen molar-refractivity contribution in [2.24, 2.45) is 0 Å². The number of hydrogen-bond donors (Lipinski definition) is 0. The highest BCUT2D eigenvalue weighted by molar-refractivity contribution is 6.75. The Labute approximate surface area is 527 Å². The molecular weight excluding hydrogens is 999 g/mol. The Kier molecular flexibility index (Phi) is 14.2. The molecule has 0 saturated heterocycles. The summed E-state index contributed by atoms with van der Waals surface area (Å²) in [6, 6.07) is 6.98. The summed E-state index contributed by atoms with van der Waals surface area (Å²) in [6.07, 6.45) is 0. The Hall–Kier alpha value is -5.94. The van der Waals surface area contributed by atoms with E-state index in [0.29, 0.717) is 11.0 Å². The van der Waals surface area contributed by atoms with Crippen LogP contribution in [0, 0.1) is 0 Å². The normalized spacial score (nSPS) is 11.9. The number of para-hydroxylation sites is 1. The second-order valence-electron chi connectivity index (χ2n) is 20.5. The van der Waals surface area contributed by atoms with Gasteiger partial charge in [-0.05, 0) is 45.0 Å². The zero-order valence-electron chi connectivity index (χ0n) is 44.7. The van der Waals surface area contributed by atoms with Gasteiger partial charge < -0.3 is 13.6 Å². The first-order valence-electron chi connectivity index (χ1n) is 25.1. The van der Waals surface area contributed by atoms with Crippen molar-refractivity contribution in [2.75, 3.05) is 0 Å². The van der Waals surface area contributed by atoms with Gasteiger partial charge in [0.1, 0.15) is 236 Å². The average molecular weight is 1000 g/mol. The van der Waals surface area contributed by atoms with Gasteiger partial charge in [0.05, 0.1) is 0 Å². The Morgan fingerprint density at radius 1 is 0.271 bits per heavy atom. The number of rotatable bonds is 5. The minimum absolute atomic E-state index is 0.00610. The molecule has 0 atom stereocenters. The summed E-state index contributed by atoms with van der Waals surface area (Å²) in [6.45, 7) is 0. The van der Waals surface area contributed by atoms with Gasteiger partial charge in [-0.3, -0.25) is 0 Å². The van der Waals surface area contributed by atoms with E-state index in [1.807, 2.05) is 0 Å². The molecule has 85 heavy (non-hydrogen) atoms. The first-order chi connectivity index (χ1) is 39.9. The maximum absolute atomic E-state index is 7.56. The lowest BCUT2D eigenvalue weighted by atomic mass is 9.60. The highest BCUT2D eigenvalue weighted by Crippen LogP contribution is 2.35. The largest absolute Gasteiger partial charge is 0.452 e. The molecule has 0 saturated carbocycles. The van der Waals surface area contributed by atoms with E-state index < -0.39 is 0 Å². The molecule has 12 rings (SSSR count). The van der Waals surface area contributed by atoms with Crippen LogP contribution in [0.25, 0.3) is 111 Å². The SMILES string of the molecule is [B]c1c([B])c([B])c(-c2nc(-c3c([B])c([B])c([B])c(-n4c5c([B])c([B])c([B])c([B])c5c5c([B])c([B])c(-c6c([B])c([B])c7c(c6[B])c6c([B])c([B])c([B])c([B])c6n7-c6c([B])c([B])c([B])c([B])c6[B])c([B])c54)c3[B])nc3c2oc2ccccc23)c([B])c1[B]. The molecule has 12 aromatic rings. The number of furan rings is 1. The van der Waals surface area contributed by atoms with E-state index in [1.165, 1.54) is 9.13 Å². The summed E-state index contributed by atoms with van der Waals surface area (Å²) in [4.78, 5) is 9.96. The average Bonchev–Trinajstić information content (AvgIpc) is 1.63. The van der Waals surface area contributed by atoms with Crippen LogP contribution in [0.15, 0.2) is 28.7 Å². The van der Waals surface area contributed by atoms with Crippen LogP contribution in [-0.4, -0.2) is 239 Å². The van der Waals surface area contributed by atoms with Gasteiger partial charge in [0.15, 0.2) is 11.4 Å². The van der Waals surface area contributed by atoms with Crippen molar-refractivity contribution in [3.05, 3.63) is 24.3 Å². The summed E-state index contributed by atoms with van der Waals surface area (Å²) in [5, 5.41) is 0.751. The quantitative estimate of drug-likeness (QED) is 0.161. The molecular formula is C52H4B28N4O. The molecule has 5 nitrogen and oxygen atoms in total. The minimum atomic E-state index is -0.257. The predicted octanol–water partition coefficient (Wildman–Crippen LogP) is -20.2. The standard InChI is InChI=1S/C52H4B28N4O/c53-15-7(17(55)37(75)46-9(15)10-19(57)26(64)33(71)38(76)47(10)84(46)50-41(79)35(73)32(70)36(74)42(50)80)8-16(54)18(56)11-12-20(58)27(65)34(72)39(77)48(12)83(45(11)24(8)62)49-25(63)14(23(61)30(68)40(49)78)52-81-43-5-3-1-2-4-6(5)85-51(43)44(82-52)13-21(59)28(66)31(69)29(67)22(13)60/h1-4H. The van der Waals surface area contributed by atoms with Gasteiger partial charge in [-0.25, -0.2) is 9.97 Å². The maximum Gasteiger partial charge on any atom is 0.180 e. The summed E-state index contributed by atoms with van der Waals surface area (Å²) < 4.78 is 9.17. The van der Waals surface area contributed by atoms with Crippen LogP contribution in [0.3, 0.4) is 0 Å². The van der Waals surface area contributed by atoms with Gasteiger partial charge in [-0.1, -0.05) is 105 Å². The van der Waals surface area contributed by atoms with E-state index in [-0.39, 0.29) is 253 Å². The second kappa shape index (κ2) is 20.3. The molecule has 0 amide bonds. The van der Waals surface area contributed by atoms with Crippen molar-refractivity contribution in [1.29, 1.82) is 0 Å². The fourth-order valence-corrected chi connectivity index (χ4v) is 11.7. The van der Waals surface area contributed by atoms with Gasteiger partial charge in [0.25, 0.3) is 0 Å². The first kappa shape index (κ1) is 59.4. The van der Waals surface area contributed by atoms with Crippen molar-refractivity contribution >= 4 is 438 Å². The number of nitrogens with zero attached hydrogens (tertiary/aromatic N) is 4. The van der Waals surface area contributed by atoms with Crippen LogP contribution in [0.4, 0.5) is 0 Å². The number of aromatic nitrogens is 4.